The average molecular weight is 380 g/mol. The smallest absolute Gasteiger partial charge is 0.277 e. The monoisotopic (exact) mass is 379 g/mol. The van der Waals surface area contributed by atoms with Crippen LogP contribution in [0.5, 0.6) is 0 Å². The van der Waals surface area contributed by atoms with Crippen molar-refractivity contribution in [3.8, 4) is 11.3 Å². The summed E-state index contributed by atoms with van der Waals surface area (Å²) in [5.74, 6) is 0. The second kappa shape index (κ2) is 5.79. The number of nitrogens with zero attached hydrogens (tertiary/aromatic N) is 2. The molecule has 5 nitrogen and oxygen atoms in total. The fourth-order valence-electron chi connectivity index (χ4n) is 3.07. The van der Waals surface area contributed by atoms with Crippen LogP contribution in [-0.2, 0) is 0 Å². The lowest BCUT2D eigenvalue weighted by molar-refractivity contribution is -0.308. The number of rotatable bonds is 2. The van der Waals surface area contributed by atoms with Crippen molar-refractivity contribution in [2.45, 2.75) is 0 Å². The minimum absolute atomic E-state index is 0.0364. The zero-order valence-corrected chi connectivity index (χ0v) is 14.9. The largest absolute Gasteiger partial charge is 0.357 e. The van der Waals surface area contributed by atoms with E-state index >= 15 is 0 Å². The van der Waals surface area contributed by atoms with Gasteiger partial charge >= 0.3 is 10.5 Å². The molecule has 0 aliphatic carbocycles. The Bertz CT molecular complexity index is 1360. The van der Waals surface area contributed by atoms with Crippen LogP contribution in [-0.4, -0.2) is 14.6 Å². The van der Waals surface area contributed by atoms with Crippen molar-refractivity contribution in [3.63, 3.8) is 0 Å². The molecule has 0 unspecified atom stereocenters. The zero-order valence-electron chi connectivity index (χ0n) is 13.4. The number of thiazole rings is 1. The highest BCUT2D eigenvalue weighted by Gasteiger charge is 2.18. The Morgan fingerprint density at radius 3 is 2.81 bits per heavy atom. The minimum atomic E-state index is -0.0364. The van der Waals surface area contributed by atoms with Crippen molar-refractivity contribution < 1.29 is 4.98 Å². The van der Waals surface area contributed by atoms with Crippen LogP contribution < -0.4 is 15.1 Å². The third-order valence-electron chi connectivity index (χ3n) is 4.30. The Kier molecular flexibility index (Phi) is 3.41. The summed E-state index contributed by atoms with van der Waals surface area (Å²) in [4.78, 5) is 17.0. The van der Waals surface area contributed by atoms with E-state index in [9.17, 15) is 4.79 Å². The van der Waals surface area contributed by atoms with E-state index in [-0.39, 0.29) is 5.56 Å². The summed E-state index contributed by atoms with van der Waals surface area (Å²) in [5, 5.41) is 7.82. The molecule has 5 rings (SSSR count). The summed E-state index contributed by atoms with van der Waals surface area (Å²) in [6, 6.07) is 15.3. The fourth-order valence-corrected chi connectivity index (χ4v) is 4.20. The molecule has 0 fully saturated rings. The Morgan fingerprint density at radius 2 is 1.96 bits per heavy atom. The molecule has 0 atom stereocenters. The van der Waals surface area contributed by atoms with E-state index in [0.717, 1.165) is 32.8 Å². The molecule has 2 aromatic carbocycles. The van der Waals surface area contributed by atoms with Gasteiger partial charge in [0.1, 0.15) is 4.53 Å². The van der Waals surface area contributed by atoms with Crippen LogP contribution in [0.4, 0.5) is 0 Å². The molecular formula is C19H12ClN4OS+. The van der Waals surface area contributed by atoms with Crippen molar-refractivity contribution in [2.24, 2.45) is 0 Å². The highest BCUT2D eigenvalue weighted by Crippen LogP contribution is 2.23. The standard InChI is InChI=1S/C19H11ClN4OS/c20-13-7-5-11(6-8-13)17-12(10-21-23-17)9-16-18(25)24-15-4-2-1-3-14(15)22-19(24)26-16/h1-10H,(H,21,23)/p+1. The summed E-state index contributed by atoms with van der Waals surface area (Å²) in [5.41, 5.74) is 4.48. The van der Waals surface area contributed by atoms with E-state index in [1.54, 1.807) is 10.6 Å². The number of benzene rings is 2. The average Bonchev–Trinajstić information content (AvgIpc) is 3.32. The quantitative estimate of drug-likeness (QED) is 0.512. The van der Waals surface area contributed by atoms with Gasteiger partial charge in [-0.1, -0.05) is 35.9 Å². The molecule has 126 valence electrons. The van der Waals surface area contributed by atoms with Crippen molar-refractivity contribution in [1.82, 2.24) is 14.6 Å². The number of nitrogens with one attached hydrogen (secondary N) is 2. The Labute approximate surface area is 156 Å². The topological polar surface area (TPSA) is 64.3 Å². The number of fused-ring (bicyclic) bond motifs is 3. The lowest BCUT2D eigenvalue weighted by Crippen LogP contribution is -2.22. The molecule has 0 spiro atoms. The first-order valence-corrected chi connectivity index (χ1v) is 9.16. The van der Waals surface area contributed by atoms with Gasteiger partial charge in [-0.15, -0.1) is 4.40 Å². The van der Waals surface area contributed by atoms with Crippen molar-refractivity contribution >= 4 is 45.0 Å². The van der Waals surface area contributed by atoms with Gasteiger partial charge in [0.05, 0.1) is 11.9 Å². The van der Waals surface area contributed by atoms with Gasteiger partial charge in [-0.05, 0) is 41.7 Å². The van der Waals surface area contributed by atoms with E-state index in [1.165, 1.54) is 11.3 Å². The molecular weight excluding hydrogens is 368 g/mol. The molecule has 0 saturated carbocycles. The Hall–Kier alpha value is -2.96. The van der Waals surface area contributed by atoms with Gasteiger partial charge in [0.15, 0.2) is 11.0 Å². The Balaban J connectivity index is 1.71. The number of aromatic amines is 2. The number of H-pyrrole nitrogens is 2. The van der Waals surface area contributed by atoms with Gasteiger partial charge in [-0.3, -0.25) is 5.10 Å². The maximum absolute atomic E-state index is 12.9. The summed E-state index contributed by atoms with van der Waals surface area (Å²) in [6.07, 6.45) is 3.59. The third-order valence-corrected chi connectivity index (χ3v) is 5.54. The molecule has 0 aliphatic rings. The lowest BCUT2D eigenvalue weighted by Gasteiger charge is -1.99. The van der Waals surface area contributed by atoms with E-state index in [4.69, 9.17) is 11.6 Å². The SMILES string of the molecule is O=c1c(=Cc2cn[nH]c2-c2ccc(Cl)cc2)sc2[nH+]c3ccccc3n12. The van der Waals surface area contributed by atoms with Crippen molar-refractivity contribution in [1.29, 1.82) is 0 Å². The molecule has 3 aromatic heterocycles. The highest BCUT2D eigenvalue weighted by molar-refractivity contribution is 7.14. The summed E-state index contributed by atoms with van der Waals surface area (Å²) in [6.45, 7) is 0. The molecule has 0 amide bonds. The van der Waals surface area contributed by atoms with Crippen LogP contribution in [0.25, 0.3) is 33.3 Å². The van der Waals surface area contributed by atoms with E-state index in [2.05, 4.69) is 15.2 Å². The van der Waals surface area contributed by atoms with Crippen LogP contribution in [0.1, 0.15) is 5.56 Å². The second-order valence-corrected chi connectivity index (χ2v) is 7.37. The van der Waals surface area contributed by atoms with Gasteiger partial charge in [0.25, 0.3) is 0 Å². The number of hydrogen-bond acceptors (Lipinski definition) is 3. The van der Waals surface area contributed by atoms with Crippen LogP contribution in [0.15, 0.2) is 59.5 Å². The molecule has 0 radical (unpaired) electrons. The van der Waals surface area contributed by atoms with Crippen molar-refractivity contribution in [3.05, 3.63) is 80.2 Å². The normalized spacial score (nSPS) is 12.4. The molecule has 0 saturated heterocycles. The molecule has 2 N–H and O–H groups in total. The second-order valence-electron chi connectivity index (χ2n) is 5.91. The minimum Gasteiger partial charge on any atom is -0.277 e. The van der Waals surface area contributed by atoms with E-state index < -0.39 is 0 Å². The van der Waals surface area contributed by atoms with Crippen LogP contribution >= 0.6 is 22.9 Å². The highest BCUT2D eigenvalue weighted by atomic mass is 35.5. The number of para-hydroxylation sites is 2. The number of halogens is 1. The van der Waals surface area contributed by atoms with Crippen LogP contribution in [0, 0.1) is 0 Å². The van der Waals surface area contributed by atoms with Gasteiger partial charge in [0, 0.05) is 16.1 Å². The van der Waals surface area contributed by atoms with E-state index in [1.807, 2.05) is 54.6 Å². The Morgan fingerprint density at radius 1 is 1.15 bits per heavy atom. The predicted octanol–water partition coefficient (Wildman–Crippen LogP) is 2.92. The molecule has 26 heavy (non-hydrogen) atoms. The van der Waals surface area contributed by atoms with Gasteiger partial charge in [0.2, 0.25) is 0 Å². The van der Waals surface area contributed by atoms with Crippen LogP contribution in [0.3, 0.4) is 0 Å². The number of imidazole rings is 1. The maximum atomic E-state index is 12.9. The van der Waals surface area contributed by atoms with Gasteiger partial charge in [-0.2, -0.15) is 5.10 Å². The number of hydrogen-bond donors (Lipinski definition) is 1. The van der Waals surface area contributed by atoms with Crippen LogP contribution in [0.2, 0.25) is 5.02 Å². The first-order valence-electron chi connectivity index (χ1n) is 7.97. The molecule has 0 aliphatic heterocycles. The summed E-state index contributed by atoms with van der Waals surface area (Å²) >= 11 is 7.40. The number of aromatic nitrogens is 4. The molecule has 7 heteroatoms. The summed E-state index contributed by atoms with van der Waals surface area (Å²) in [7, 11) is 0. The lowest BCUT2D eigenvalue weighted by atomic mass is 10.1. The first kappa shape index (κ1) is 15.3. The van der Waals surface area contributed by atoms with Crippen molar-refractivity contribution in [2.75, 3.05) is 0 Å². The zero-order chi connectivity index (χ0) is 17.7. The summed E-state index contributed by atoms with van der Waals surface area (Å²) < 4.78 is 2.37. The van der Waals surface area contributed by atoms with E-state index in [0.29, 0.717) is 9.55 Å². The molecule has 5 aromatic rings. The first-order chi connectivity index (χ1) is 12.7. The molecule has 3 heterocycles. The van der Waals surface area contributed by atoms with Gasteiger partial charge in [-0.25, -0.2) is 9.78 Å². The molecule has 0 bridgehead atoms. The fraction of sp³-hybridized carbons (Fsp3) is 0. The maximum Gasteiger partial charge on any atom is 0.357 e. The third kappa shape index (κ3) is 2.34. The van der Waals surface area contributed by atoms with Gasteiger partial charge < -0.3 is 0 Å². The predicted molar refractivity (Wildman–Crippen MR) is 103 cm³/mol.